The van der Waals surface area contributed by atoms with E-state index in [-0.39, 0.29) is 5.91 Å². The highest BCUT2D eigenvalue weighted by molar-refractivity contribution is 6.04. The van der Waals surface area contributed by atoms with Gasteiger partial charge in [-0.2, -0.15) is 0 Å². The summed E-state index contributed by atoms with van der Waals surface area (Å²) in [6.45, 7) is 3.44. The lowest BCUT2D eigenvalue weighted by Gasteiger charge is -2.09. The lowest BCUT2D eigenvalue weighted by atomic mass is 10.1. The number of rotatable bonds is 12. The maximum Gasteiger partial charge on any atom is 0.255 e. The van der Waals surface area contributed by atoms with E-state index in [9.17, 15) is 4.79 Å². The molecule has 0 radical (unpaired) electrons. The van der Waals surface area contributed by atoms with Gasteiger partial charge in [0.1, 0.15) is 18.1 Å². The molecule has 162 valence electrons. The second-order valence-corrected chi connectivity index (χ2v) is 7.54. The second kappa shape index (κ2) is 12.4. The third kappa shape index (κ3) is 7.82. The normalized spacial score (nSPS) is 10.5. The van der Waals surface area contributed by atoms with Crippen LogP contribution >= 0.6 is 0 Å². The summed E-state index contributed by atoms with van der Waals surface area (Å²) in [5.41, 5.74) is 2.44. The maximum absolute atomic E-state index is 12.5. The van der Waals surface area contributed by atoms with Gasteiger partial charge < -0.3 is 14.8 Å². The quantitative estimate of drug-likeness (QED) is 0.327. The van der Waals surface area contributed by atoms with Crippen molar-refractivity contribution >= 4 is 11.6 Å². The molecule has 0 aliphatic carbocycles. The Morgan fingerprint density at radius 1 is 0.742 bits per heavy atom. The molecule has 4 heteroatoms. The van der Waals surface area contributed by atoms with Crippen LogP contribution in [0.3, 0.4) is 0 Å². The molecule has 0 aliphatic rings. The number of anilines is 1. The van der Waals surface area contributed by atoms with Crippen molar-refractivity contribution in [1.82, 2.24) is 0 Å². The largest absolute Gasteiger partial charge is 0.494 e. The predicted octanol–water partition coefficient (Wildman–Crippen LogP) is 6.87. The number of carbonyl (C=O) groups is 1. The smallest absolute Gasteiger partial charge is 0.255 e. The molecule has 0 unspecified atom stereocenters. The Kier molecular flexibility index (Phi) is 8.99. The third-order valence-corrected chi connectivity index (χ3v) is 4.99. The van der Waals surface area contributed by atoms with Gasteiger partial charge in [0.15, 0.2) is 0 Å². The van der Waals surface area contributed by atoms with E-state index >= 15 is 0 Å². The molecule has 0 saturated carbocycles. The van der Waals surface area contributed by atoms with Crippen LogP contribution < -0.4 is 14.8 Å². The number of hydrogen-bond acceptors (Lipinski definition) is 3. The highest BCUT2D eigenvalue weighted by atomic mass is 16.5. The lowest BCUT2D eigenvalue weighted by molar-refractivity contribution is 0.102. The molecule has 1 amide bonds. The first-order chi connectivity index (χ1) is 15.2. The van der Waals surface area contributed by atoms with E-state index in [1.807, 2.05) is 66.7 Å². The Hall–Kier alpha value is -3.27. The van der Waals surface area contributed by atoms with Crippen molar-refractivity contribution < 1.29 is 14.3 Å². The van der Waals surface area contributed by atoms with Gasteiger partial charge in [0, 0.05) is 11.3 Å². The third-order valence-electron chi connectivity index (χ3n) is 4.99. The predicted molar refractivity (Wildman–Crippen MR) is 126 cm³/mol. The molecule has 3 aromatic rings. The monoisotopic (exact) mass is 417 g/mol. The standard InChI is InChI=1S/C27H31NO3/c1-2-3-4-5-9-20-30-25-16-12-23(13-17-25)27(29)28-24-14-18-26(19-15-24)31-21-22-10-7-6-8-11-22/h6-8,10-19H,2-5,9,20-21H2,1H3,(H,28,29). The number of nitrogens with one attached hydrogen (secondary N) is 1. The zero-order valence-corrected chi connectivity index (χ0v) is 18.2. The average Bonchev–Trinajstić information content (AvgIpc) is 2.82. The minimum absolute atomic E-state index is 0.149. The molecule has 3 rings (SSSR count). The number of unbranched alkanes of at least 4 members (excludes halogenated alkanes) is 4. The summed E-state index contributed by atoms with van der Waals surface area (Å²) in [7, 11) is 0. The van der Waals surface area contributed by atoms with Crippen LogP contribution in [-0.2, 0) is 6.61 Å². The lowest BCUT2D eigenvalue weighted by Crippen LogP contribution is -2.11. The Morgan fingerprint density at radius 3 is 2.10 bits per heavy atom. The van der Waals surface area contributed by atoms with Crippen molar-refractivity contribution in [2.24, 2.45) is 0 Å². The Bertz CT molecular complexity index is 905. The molecule has 0 aliphatic heterocycles. The summed E-state index contributed by atoms with van der Waals surface area (Å²) in [4.78, 5) is 12.5. The fourth-order valence-corrected chi connectivity index (χ4v) is 3.18. The molecule has 31 heavy (non-hydrogen) atoms. The molecule has 0 bridgehead atoms. The van der Waals surface area contributed by atoms with Crippen LogP contribution in [0.4, 0.5) is 5.69 Å². The molecule has 0 atom stereocenters. The van der Waals surface area contributed by atoms with E-state index in [0.29, 0.717) is 18.8 Å². The van der Waals surface area contributed by atoms with Crippen molar-refractivity contribution in [3.63, 3.8) is 0 Å². The molecule has 0 spiro atoms. The molecule has 4 nitrogen and oxygen atoms in total. The second-order valence-electron chi connectivity index (χ2n) is 7.54. The van der Waals surface area contributed by atoms with Gasteiger partial charge in [-0.05, 0) is 60.5 Å². The number of ether oxygens (including phenoxy) is 2. The van der Waals surface area contributed by atoms with E-state index in [1.54, 1.807) is 12.1 Å². The van der Waals surface area contributed by atoms with E-state index < -0.39 is 0 Å². The van der Waals surface area contributed by atoms with Crippen LogP contribution in [0.25, 0.3) is 0 Å². The summed E-state index contributed by atoms with van der Waals surface area (Å²) < 4.78 is 11.5. The number of carbonyl (C=O) groups excluding carboxylic acids is 1. The fourth-order valence-electron chi connectivity index (χ4n) is 3.18. The van der Waals surface area contributed by atoms with Crippen molar-refractivity contribution in [2.75, 3.05) is 11.9 Å². The summed E-state index contributed by atoms with van der Waals surface area (Å²) in [5.74, 6) is 1.41. The van der Waals surface area contributed by atoms with E-state index in [1.165, 1.54) is 25.7 Å². The first-order valence-corrected chi connectivity index (χ1v) is 11.1. The van der Waals surface area contributed by atoms with Crippen molar-refractivity contribution in [1.29, 1.82) is 0 Å². The molecular formula is C27H31NO3. The first-order valence-electron chi connectivity index (χ1n) is 11.1. The summed E-state index contributed by atoms with van der Waals surface area (Å²) in [5, 5.41) is 2.92. The Balaban J connectivity index is 1.43. The van der Waals surface area contributed by atoms with Crippen LogP contribution in [0, 0.1) is 0 Å². The zero-order chi connectivity index (χ0) is 21.7. The van der Waals surface area contributed by atoms with Gasteiger partial charge in [0.25, 0.3) is 5.91 Å². The van der Waals surface area contributed by atoms with Crippen molar-refractivity contribution in [3.05, 3.63) is 90.0 Å². The SMILES string of the molecule is CCCCCCCOc1ccc(C(=O)Nc2ccc(OCc3ccccc3)cc2)cc1. The van der Waals surface area contributed by atoms with Gasteiger partial charge in [0.2, 0.25) is 0 Å². The van der Waals surface area contributed by atoms with Gasteiger partial charge in [-0.3, -0.25) is 4.79 Å². The van der Waals surface area contributed by atoms with Crippen LogP contribution in [0.15, 0.2) is 78.9 Å². The van der Waals surface area contributed by atoms with Crippen molar-refractivity contribution in [2.45, 2.75) is 45.6 Å². The molecule has 0 aromatic heterocycles. The number of benzene rings is 3. The summed E-state index contributed by atoms with van der Waals surface area (Å²) in [6.07, 6.45) is 6.06. The number of amides is 1. The molecule has 1 N–H and O–H groups in total. The fraction of sp³-hybridized carbons (Fsp3) is 0.296. The Labute approximate surface area is 185 Å². The minimum atomic E-state index is -0.149. The highest BCUT2D eigenvalue weighted by Gasteiger charge is 2.07. The highest BCUT2D eigenvalue weighted by Crippen LogP contribution is 2.19. The van der Waals surface area contributed by atoms with E-state index in [0.717, 1.165) is 29.2 Å². The molecule has 0 heterocycles. The van der Waals surface area contributed by atoms with Gasteiger partial charge in [0.05, 0.1) is 6.61 Å². The van der Waals surface area contributed by atoms with Crippen LogP contribution in [-0.4, -0.2) is 12.5 Å². The molecular weight excluding hydrogens is 386 g/mol. The van der Waals surface area contributed by atoms with Crippen molar-refractivity contribution in [3.8, 4) is 11.5 Å². The first kappa shape index (κ1) is 22.4. The average molecular weight is 418 g/mol. The zero-order valence-electron chi connectivity index (χ0n) is 18.2. The van der Waals surface area contributed by atoms with Crippen LogP contribution in [0.2, 0.25) is 0 Å². The van der Waals surface area contributed by atoms with Gasteiger partial charge in [-0.15, -0.1) is 0 Å². The van der Waals surface area contributed by atoms with E-state index in [4.69, 9.17) is 9.47 Å². The van der Waals surface area contributed by atoms with E-state index in [2.05, 4.69) is 12.2 Å². The maximum atomic E-state index is 12.5. The number of hydrogen-bond donors (Lipinski definition) is 1. The molecule has 3 aromatic carbocycles. The molecule has 0 fully saturated rings. The van der Waals surface area contributed by atoms with Gasteiger partial charge in [-0.1, -0.05) is 62.9 Å². The van der Waals surface area contributed by atoms with Gasteiger partial charge >= 0.3 is 0 Å². The van der Waals surface area contributed by atoms with Crippen LogP contribution in [0.1, 0.15) is 54.9 Å². The minimum Gasteiger partial charge on any atom is -0.494 e. The summed E-state index contributed by atoms with van der Waals surface area (Å²) >= 11 is 0. The van der Waals surface area contributed by atoms with Crippen LogP contribution in [0.5, 0.6) is 11.5 Å². The molecule has 0 saturated heterocycles. The van der Waals surface area contributed by atoms with Gasteiger partial charge in [-0.25, -0.2) is 0 Å². The topological polar surface area (TPSA) is 47.6 Å². The Morgan fingerprint density at radius 2 is 1.39 bits per heavy atom. The summed E-state index contributed by atoms with van der Waals surface area (Å²) in [6, 6.07) is 24.7.